The number of benzene rings is 2. The Bertz CT molecular complexity index is 1570. The third kappa shape index (κ3) is 9.52. The molecule has 1 aliphatic rings. The van der Waals surface area contributed by atoms with Crippen molar-refractivity contribution in [3.8, 4) is 5.75 Å². The molecular formula is C33H36F6N4O6. The van der Waals surface area contributed by atoms with E-state index in [-0.39, 0.29) is 62.4 Å². The summed E-state index contributed by atoms with van der Waals surface area (Å²) in [5.74, 6) is -0.770. The highest BCUT2D eigenvalue weighted by Gasteiger charge is 2.41. The zero-order chi connectivity index (χ0) is 35.9. The van der Waals surface area contributed by atoms with Gasteiger partial charge in [-0.3, -0.25) is 9.69 Å². The number of hydrogen-bond donors (Lipinski definition) is 1. The van der Waals surface area contributed by atoms with Gasteiger partial charge in [0.15, 0.2) is 5.75 Å². The number of methoxy groups -OCH3 is 1. The molecule has 2 aromatic carbocycles. The van der Waals surface area contributed by atoms with Crippen LogP contribution in [0.15, 0.2) is 48.8 Å². The number of aryl methyl sites for hydroxylation is 1. The molecule has 0 radical (unpaired) electrons. The number of amides is 1. The van der Waals surface area contributed by atoms with Gasteiger partial charge in [0.1, 0.15) is 6.61 Å². The Morgan fingerprint density at radius 1 is 0.980 bits per heavy atom. The standard InChI is InChI=1S/C33H36F6N4O6/c1-4-24-16-28(26-12-20(2)7-8-27(26)43(24)31(46)49-9-5-6-29(44)45)42(30-40-17-25(18-41-30)48-11-10-47-3)19-21-13-22(32(34,35)36)15-23(14-21)33(37,38)39/h7-8,12-15,17-18,24,28H,4-6,9-11,16,19H2,1-3H3,(H,44,45)/t24-,28+/m1/s1. The topological polar surface area (TPSA) is 114 Å². The van der Waals surface area contributed by atoms with E-state index in [0.29, 0.717) is 29.8 Å². The van der Waals surface area contributed by atoms with Gasteiger partial charge in [0, 0.05) is 26.1 Å². The van der Waals surface area contributed by atoms with E-state index in [1.807, 2.05) is 6.92 Å². The Balaban J connectivity index is 1.81. The van der Waals surface area contributed by atoms with E-state index < -0.39 is 54.2 Å². The second-order valence-corrected chi connectivity index (χ2v) is 11.5. The van der Waals surface area contributed by atoms with Gasteiger partial charge in [0.2, 0.25) is 5.95 Å². The molecule has 4 rings (SSSR count). The summed E-state index contributed by atoms with van der Waals surface area (Å²) in [6, 6.07) is 5.38. The summed E-state index contributed by atoms with van der Waals surface area (Å²) in [6.45, 7) is 3.49. The van der Waals surface area contributed by atoms with Crippen LogP contribution in [0.1, 0.15) is 66.5 Å². The maximum absolute atomic E-state index is 13.8. The van der Waals surface area contributed by atoms with Gasteiger partial charge in [-0.25, -0.2) is 14.8 Å². The van der Waals surface area contributed by atoms with Crippen molar-refractivity contribution < 1.29 is 55.2 Å². The summed E-state index contributed by atoms with van der Waals surface area (Å²) in [4.78, 5) is 36.0. The van der Waals surface area contributed by atoms with Crippen molar-refractivity contribution in [2.75, 3.05) is 36.7 Å². The fraction of sp³-hybridized carbons (Fsp3) is 0.455. The van der Waals surface area contributed by atoms with Crippen LogP contribution >= 0.6 is 0 Å². The van der Waals surface area contributed by atoms with Crippen LogP contribution in [-0.4, -0.2) is 60.1 Å². The average molecular weight is 699 g/mol. The van der Waals surface area contributed by atoms with Crippen LogP contribution in [0.4, 0.5) is 42.8 Å². The van der Waals surface area contributed by atoms with E-state index in [2.05, 4.69) is 9.97 Å². The minimum Gasteiger partial charge on any atom is -0.488 e. The lowest BCUT2D eigenvalue weighted by Crippen LogP contribution is -2.48. The molecule has 0 bridgehead atoms. The average Bonchev–Trinajstić information content (AvgIpc) is 3.04. The van der Waals surface area contributed by atoms with Crippen LogP contribution < -0.4 is 14.5 Å². The molecule has 0 spiro atoms. The molecule has 1 amide bonds. The van der Waals surface area contributed by atoms with Gasteiger partial charge in [-0.2, -0.15) is 26.3 Å². The Morgan fingerprint density at radius 3 is 2.20 bits per heavy atom. The number of carbonyl (C=O) groups is 2. The number of hydrogen-bond acceptors (Lipinski definition) is 8. The molecule has 0 saturated heterocycles. The van der Waals surface area contributed by atoms with Gasteiger partial charge < -0.3 is 24.2 Å². The van der Waals surface area contributed by atoms with Crippen LogP contribution in [0.3, 0.4) is 0 Å². The fourth-order valence-electron chi connectivity index (χ4n) is 5.59. The van der Waals surface area contributed by atoms with Crippen LogP contribution in [0.2, 0.25) is 0 Å². The lowest BCUT2D eigenvalue weighted by molar-refractivity contribution is -0.143. The van der Waals surface area contributed by atoms with E-state index in [0.717, 1.165) is 5.56 Å². The first kappa shape index (κ1) is 37.2. The summed E-state index contributed by atoms with van der Waals surface area (Å²) in [5.41, 5.74) is -1.46. The lowest BCUT2D eigenvalue weighted by atomic mass is 9.87. The zero-order valence-corrected chi connectivity index (χ0v) is 27.0. The van der Waals surface area contributed by atoms with Gasteiger partial charge in [0.05, 0.1) is 48.5 Å². The SMILES string of the molecule is CC[C@@H]1C[C@H](N(Cc2cc(C(F)(F)F)cc(C(F)(F)F)c2)c2ncc(OCCOC)cn2)c2cc(C)ccc2N1C(=O)OCCCC(=O)O. The normalized spacial score (nSPS) is 16.2. The van der Waals surface area contributed by atoms with E-state index in [4.69, 9.17) is 19.3 Å². The smallest absolute Gasteiger partial charge is 0.416 e. The number of aliphatic carboxylic acids is 1. The second-order valence-electron chi connectivity index (χ2n) is 11.5. The minimum absolute atomic E-state index is 0.00192. The molecular weight excluding hydrogens is 662 g/mol. The van der Waals surface area contributed by atoms with Gasteiger partial charge in [0.25, 0.3) is 0 Å². The van der Waals surface area contributed by atoms with Gasteiger partial charge >= 0.3 is 24.4 Å². The fourth-order valence-corrected chi connectivity index (χ4v) is 5.59. The third-order valence-electron chi connectivity index (χ3n) is 7.89. The van der Waals surface area contributed by atoms with Crippen molar-refractivity contribution in [2.24, 2.45) is 0 Å². The van der Waals surface area contributed by atoms with Gasteiger partial charge in [-0.15, -0.1) is 0 Å². The summed E-state index contributed by atoms with van der Waals surface area (Å²) < 4.78 is 98.9. The number of alkyl halides is 6. The summed E-state index contributed by atoms with van der Waals surface area (Å²) in [5, 5.41) is 8.93. The third-order valence-corrected chi connectivity index (χ3v) is 7.89. The number of halogens is 6. The van der Waals surface area contributed by atoms with Crippen LogP contribution in [0.5, 0.6) is 5.75 Å². The largest absolute Gasteiger partial charge is 0.488 e. The molecule has 2 atom stereocenters. The Labute approximate surface area is 278 Å². The Kier molecular flexibility index (Phi) is 12.0. The molecule has 1 aliphatic heterocycles. The van der Waals surface area contributed by atoms with Crippen LogP contribution in [-0.2, 0) is 33.2 Å². The van der Waals surface area contributed by atoms with Crippen molar-refractivity contribution in [2.45, 2.75) is 70.5 Å². The zero-order valence-electron chi connectivity index (χ0n) is 27.0. The highest BCUT2D eigenvalue weighted by atomic mass is 19.4. The molecule has 16 heteroatoms. The minimum atomic E-state index is -5.05. The molecule has 0 fully saturated rings. The number of anilines is 2. The van der Waals surface area contributed by atoms with Crippen molar-refractivity contribution in [1.29, 1.82) is 0 Å². The molecule has 266 valence electrons. The molecule has 3 aromatic rings. The number of rotatable bonds is 13. The summed E-state index contributed by atoms with van der Waals surface area (Å²) >= 11 is 0. The van der Waals surface area contributed by atoms with Crippen LogP contribution in [0, 0.1) is 6.92 Å². The summed E-state index contributed by atoms with van der Waals surface area (Å²) in [6.07, 6.45) is -7.64. The first-order chi connectivity index (χ1) is 23.1. The number of carbonyl (C=O) groups excluding carboxylic acids is 1. The Hall–Kier alpha value is -4.60. The lowest BCUT2D eigenvalue weighted by Gasteiger charge is -2.44. The van der Waals surface area contributed by atoms with E-state index in [9.17, 15) is 35.9 Å². The number of carboxylic acid groups (broad SMARTS) is 1. The van der Waals surface area contributed by atoms with Gasteiger partial charge in [-0.05, 0) is 61.6 Å². The number of nitrogens with zero attached hydrogens (tertiary/aromatic N) is 4. The summed E-state index contributed by atoms with van der Waals surface area (Å²) in [7, 11) is 1.49. The van der Waals surface area contributed by atoms with E-state index in [1.54, 1.807) is 25.1 Å². The molecule has 49 heavy (non-hydrogen) atoms. The van der Waals surface area contributed by atoms with E-state index >= 15 is 0 Å². The first-order valence-corrected chi connectivity index (χ1v) is 15.4. The molecule has 0 unspecified atom stereocenters. The molecule has 2 heterocycles. The van der Waals surface area contributed by atoms with Crippen LogP contribution in [0.25, 0.3) is 0 Å². The molecule has 1 aromatic heterocycles. The van der Waals surface area contributed by atoms with Gasteiger partial charge in [-0.1, -0.05) is 24.6 Å². The monoisotopic (exact) mass is 698 g/mol. The van der Waals surface area contributed by atoms with E-state index in [1.165, 1.54) is 29.3 Å². The predicted octanol–water partition coefficient (Wildman–Crippen LogP) is 7.59. The first-order valence-electron chi connectivity index (χ1n) is 15.4. The second kappa shape index (κ2) is 15.7. The quantitative estimate of drug-likeness (QED) is 0.143. The Morgan fingerprint density at radius 2 is 1.63 bits per heavy atom. The molecule has 0 saturated carbocycles. The van der Waals surface area contributed by atoms with Crippen molar-refractivity contribution in [3.05, 3.63) is 76.6 Å². The number of carboxylic acids is 1. The number of fused-ring (bicyclic) bond motifs is 1. The molecule has 1 N–H and O–H groups in total. The maximum atomic E-state index is 13.8. The van der Waals surface area contributed by atoms with Crippen molar-refractivity contribution in [1.82, 2.24) is 9.97 Å². The van der Waals surface area contributed by atoms with Crippen molar-refractivity contribution in [3.63, 3.8) is 0 Å². The highest BCUT2D eigenvalue weighted by molar-refractivity contribution is 5.90. The highest BCUT2D eigenvalue weighted by Crippen LogP contribution is 2.44. The number of ether oxygens (including phenoxy) is 3. The van der Waals surface area contributed by atoms with Crippen molar-refractivity contribution >= 4 is 23.7 Å². The molecule has 0 aliphatic carbocycles. The number of aromatic nitrogens is 2. The molecule has 10 nitrogen and oxygen atoms in total. The maximum Gasteiger partial charge on any atom is 0.416 e. The predicted molar refractivity (Wildman–Crippen MR) is 165 cm³/mol.